The van der Waals surface area contributed by atoms with Gasteiger partial charge in [-0.2, -0.15) is 0 Å². The molecule has 0 spiro atoms. The molecule has 4 nitrogen and oxygen atoms in total. The standard InChI is InChI=1S/C22H16O4/c1-25-17-10-6-5-9-15(17)13-19-22(24)21-18(26-19)12-11-16(23)20(21)14-7-3-2-4-8-14/h2-13,23H,1H3/b19-13-. The fourth-order valence-electron chi connectivity index (χ4n) is 3.09. The van der Waals surface area contributed by atoms with Crippen LogP contribution in [0.4, 0.5) is 0 Å². The van der Waals surface area contributed by atoms with Crippen molar-refractivity contribution in [3.05, 3.63) is 83.6 Å². The highest BCUT2D eigenvalue weighted by Gasteiger charge is 2.32. The maximum atomic E-state index is 13.0. The Kier molecular flexibility index (Phi) is 3.93. The summed E-state index contributed by atoms with van der Waals surface area (Å²) in [6.07, 6.45) is 1.66. The predicted octanol–water partition coefficient (Wildman–Crippen LogP) is 4.68. The Morgan fingerprint density at radius 2 is 1.65 bits per heavy atom. The van der Waals surface area contributed by atoms with Gasteiger partial charge in [-0.25, -0.2) is 0 Å². The van der Waals surface area contributed by atoms with Crippen LogP contribution < -0.4 is 9.47 Å². The van der Waals surface area contributed by atoms with Crippen molar-refractivity contribution >= 4 is 11.9 Å². The van der Waals surface area contributed by atoms with Crippen molar-refractivity contribution in [2.24, 2.45) is 0 Å². The van der Waals surface area contributed by atoms with E-state index in [0.29, 0.717) is 22.6 Å². The lowest BCUT2D eigenvalue weighted by Gasteiger charge is -2.08. The number of Topliss-reactive ketones (excluding diaryl/α,β-unsaturated/α-hetero) is 1. The number of phenols is 1. The molecule has 1 N–H and O–H groups in total. The summed E-state index contributed by atoms with van der Waals surface area (Å²) in [5, 5.41) is 10.4. The molecule has 0 aliphatic carbocycles. The molecule has 26 heavy (non-hydrogen) atoms. The van der Waals surface area contributed by atoms with E-state index in [-0.39, 0.29) is 17.3 Å². The van der Waals surface area contributed by atoms with Crippen molar-refractivity contribution in [3.63, 3.8) is 0 Å². The summed E-state index contributed by atoms with van der Waals surface area (Å²) in [7, 11) is 1.58. The lowest BCUT2D eigenvalue weighted by Crippen LogP contribution is -2.00. The molecule has 0 saturated heterocycles. The number of phenolic OH excluding ortho intramolecular Hbond substituents is 1. The van der Waals surface area contributed by atoms with Gasteiger partial charge in [-0.1, -0.05) is 48.5 Å². The molecule has 4 rings (SSSR count). The van der Waals surface area contributed by atoms with Gasteiger partial charge in [0.1, 0.15) is 17.2 Å². The molecule has 128 valence electrons. The molecule has 0 bridgehead atoms. The maximum absolute atomic E-state index is 13.0. The fourth-order valence-corrected chi connectivity index (χ4v) is 3.09. The van der Waals surface area contributed by atoms with Crippen LogP contribution >= 0.6 is 0 Å². The number of benzene rings is 3. The number of hydrogen-bond acceptors (Lipinski definition) is 4. The average molecular weight is 344 g/mol. The second kappa shape index (κ2) is 6.41. The molecule has 3 aromatic rings. The first kappa shape index (κ1) is 16.0. The molecule has 0 radical (unpaired) electrons. The fraction of sp³-hybridized carbons (Fsp3) is 0.0455. The molecule has 0 aromatic heterocycles. The molecule has 0 atom stereocenters. The Labute approximate surface area is 150 Å². The van der Waals surface area contributed by atoms with Crippen LogP contribution in [0.5, 0.6) is 17.2 Å². The van der Waals surface area contributed by atoms with E-state index in [2.05, 4.69) is 0 Å². The zero-order chi connectivity index (χ0) is 18.1. The van der Waals surface area contributed by atoms with Gasteiger partial charge in [-0.3, -0.25) is 4.79 Å². The summed E-state index contributed by atoms with van der Waals surface area (Å²) in [4.78, 5) is 13.0. The van der Waals surface area contributed by atoms with E-state index in [0.717, 1.165) is 11.1 Å². The molecule has 1 aliphatic rings. The number of para-hydroxylation sites is 1. The number of methoxy groups -OCH3 is 1. The minimum atomic E-state index is -0.263. The SMILES string of the molecule is COc1ccccc1/C=C1\Oc2ccc(O)c(-c3ccccc3)c2C1=O. The van der Waals surface area contributed by atoms with E-state index < -0.39 is 0 Å². The van der Waals surface area contributed by atoms with Crippen LogP contribution in [0, 0.1) is 0 Å². The van der Waals surface area contributed by atoms with Gasteiger partial charge in [0.15, 0.2) is 5.76 Å². The average Bonchev–Trinajstić information content (AvgIpc) is 2.99. The van der Waals surface area contributed by atoms with Crippen LogP contribution in [0.2, 0.25) is 0 Å². The van der Waals surface area contributed by atoms with E-state index in [1.165, 1.54) is 0 Å². The van der Waals surface area contributed by atoms with Crippen LogP contribution in [0.15, 0.2) is 72.5 Å². The van der Waals surface area contributed by atoms with Gasteiger partial charge in [0, 0.05) is 11.1 Å². The van der Waals surface area contributed by atoms with Gasteiger partial charge in [-0.05, 0) is 29.8 Å². The van der Waals surface area contributed by atoms with Gasteiger partial charge in [0.05, 0.1) is 12.7 Å². The van der Waals surface area contributed by atoms with Crippen LogP contribution in [0.3, 0.4) is 0 Å². The van der Waals surface area contributed by atoms with Gasteiger partial charge >= 0.3 is 0 Å². The Hall–Kier alpha value is -3.53. The number of allylic oxidation sites excluding steroid dienone is 1. The normalized spacial score (nSPS) is 14.2. The smallest absolute Gasteiger partial charge is 0.232 e. The Bertz CT molecular complexity index is 1020. The third kappa shape index (κ3) is 2.62. The topological polar surface area (TPSA) is 55.8 Å². The Morgan fingerprint density at radius 3 is 2.42 bits per heavy atom. The highest BCUT2D eigenvalue weighted by molar-refractivity contribution is 6.18. The van der Waals surface area contributed by atoms with Crippen LogP contribution in [-0.2, 0) is 0 Å². The number of fused-ring (bicyclic) bond motifs is 1. The number of aromatic hydroxyl groups is 1. The van der Waals surface area contributed by atoms with Gasteiger partial charge in [-0.15, -0.1) is 0 Å². The quantitative estimate of drug-likeness (QED) is 0.701. The van der Waals surface area contributed by atoms with Gasteiger partial charge < -0.3 is 14.6 Å². The molecule has 1 heterocycles. The van der Waals surface area contributed by atoms with Crippen molar-refractivity contribution in [2.75, 3.05) is 7.11 Å². The van der Waals surface area contributed by atoms with Crippen molar-refractivity contribution in [1.82, 2.24) is 0 Å². The molecule has 4 heteroatoms. The first-order valence-electron chi connectivity index (χ1n) is 8.17. The van der Waals surface area contributed by atoms with E-state index in [9.17, 15) is 9.90 Å². The predicted molar refractivity (Wildman–Crippen MR) is 99.5 cm³/mol. The lowest BCUT2D eigenvalue weighted by molar-refractivity contribution is 0.101. The molecule has 3 aromatic carbocycles. The molecule has 1 aliphatic heterocycles. The number of carbonyl (C=O) groups excluding carboxylic acids is 1. The zero-order valence-corrected chi connectivity index (χ0v) is 14.1. The number of rotatable bonds is 3. The highest BCUT2D eigenvalue weighted by atomic mass is 16.5. The largest absolute Gasteiger partial charge is 0.507 e. The van der Waals surface area contributed by atoms with Crippen molar-refractivity contribution in [3.8, 4) is 28.4 Å². The molecule has 0 saturated carbocycles. The monoisotopic (exact) mass is 344 g/mol. The first-order valence-corrected chi connectivity index (χ1v) is 8.17. The molecule has 0 unspecified atom stereocenters. The van der Waals surface area contributed by atoms with Gasteiger partial charge in [0.2, 0.25) is 5.78 Å². The minimum Gasteiger partial charge on any atom is -0.507 e. The summed E-state index contributed by atoms with van der Waals surface area (Å²) in [6.45, 7) is 0. The summed E-state index contributed by atoms with van der Waals surface area (Å²) < 4.78 is 11.1. The number of ether oxygens (including phenoxy) is 2. The Morgan fingerprint density at radius 1 is 0.923 bits per heavy atom. The summed E-state index contributed by atoms with van der Waals surface area (Å²) >= 11 is 0. The zero-order valence-electron chi connectivity index (χ0n) is 14.1. The molecular formula is C22H16O4. The van der Waals surface area contributed by atoms with Crippen LogP contribution in [0.1, 0.15) is 15.9 Å². The van der Waals surface area contributed by atoms with E-state index in [4.69, 9.17) is 9.47 Å². The summed E-state index contributed by atoms with van der Waals surface area (Å²) in [5.74, 6) is 1.07. The van der Waals surface area contributed by atoms with Crippen LogP contribution in [0.25, 0.3) is 17.2 Å². The third-order valence-electron chi connectivity index (χ3n) is 4.30. The minimum absolute atomic E-state index is 0.0467. The second-order valence-electron chi connectivity index (χ2n) is 5.88. The Balaban J connectivity index is 1.83. The van der Waals surface area contributed by atoms with Crippen molar-refractivity contribution in [2.45, 2.75) is 0 Å². The van der Waals surface area contributed by atoms with E-state index in [1.807, 2.05) is 54.6 Å². The number of ketones is 1. The molecular weight excluding hydrogens is 328 g/mol. The summed E-state index contributed by atoms with van der Waals surface area (Å²) in [5.41, 5.74) is 2.36. The highest BCUT2D eigenvalue weighted by Crippen LogP contribution is 2.43. The maximum Gasteiger partial charge on any atom is 0.232 e. The number of carbonyl (C=O) groups is 1. The number of hydrogen-bond donors (Lipinski definition) is 1. The van der Waals surface area contributed by atoms with Crippen molar-refractivity contribution < 1.29 is 19.4 Å². The molecule has 0 amide bonds. The third-order valence-corrected chi connectivity index (χ3v) is 4.30. The summed E-state index contributed by atoms with van der Waals surface area (Å²) in [6, 6.07) is 19.9. The lowest BCUT2D eigenvalue weighted by atomic mass is 9.95. The van der Waals surface area contributed by atoms with Crippen molar-refractivity contribution in [1.29, 1.82) is 0 Å². The second-order valence-corrected chi connectivity index (χ2v) is 5.88. The van der Waals surface area contributed by atoms with Crippen LogP contribution in [-0.4, -0.2) is 18.0 Å². The van der Waals surface area contributed by atoms with Gasteiger partial charge in [0.25, 0.3) is 0 Å². The van der Waals surface area contributed by atoms with E-state index in [1.54, 1.807) is 25.3 Å². The molecule has 0 fully saturated rings. The van der Waals surface area contributed by atoms with E-state index >= 15 is 0 Å². The first-order chi connectivity index (χ1) is 12.7.